The Bertz CT molecular complexity index is 1050. The summed E-state index contributed by atoms with van der Waals surface area (Å²) in [5.41, 5.74) is 1.88. The maximum atomic E-state index is 13.5. The summed E-state index contributed by atoms with van der Waals surface area (Å²) < 4.78 is 5.63. The number of carbonyl (C=O) groups is 2. The minimum Gasteiger partial charge on any atom is -0.480 e. The van der Waals surface area contributed by atoms with Crippen LogP contribution in [0.25, 0.3) is 0 Å². The minimum absolute atomic E-state index is 0.00832. The Hall–Kier alpha value is -3.74. The Balaban J connectivity index is 2.26. The van der Waals surface area contributed by atoms with Crippen LogP contribution in [0.2, 0.25) is 0 Å². The fourth-order valence-electron chi connectivity index (χ4n) is 3.73. The van der Waals surface area contributed by atoms with E-state index in [0.29, 0.717) is 11.4 Å². The number of hydrogen-bond donors (Lipinski definition) is 1. The van der Waals surface area contributed by atoms with Crippen molar-refractivity contribution in [3.05, 3.63) is 89.2 Å². The molecule has 7 heteroatoms. The van der Waals surface area contributed by atoms with Crippen molar-refractivity contribution in [3.63, 3.8) is 0 Å². The third kappa shape index (κ3) is 5.94. The molecule has 1 amide bonds. The highest BCUT2D eigenvalue weighted by atomic mass is 16.6. The lowest BCUT2D eigenvalue weighted by atomic mass is 9.84. The van der Waals surface area contributed by atoms with Crippen LogP contribution in [0, 0.1) is 13.8 Å². The molecule has 1 N–H and O–H groups in total. The first-order valence-electron chi connectivity index (χ1n) is 10.7. The van der Waals surface area contributed by atoms with Gasteiger partial charge >= 0.3 is 12.1 Å². The predicted molar refractivity (Wildman–Crippen MR) is 126 cm³/mol. The zero-order chi connectivity index (χ0) is 24.2. The molecular formula is C26H29N3O4. The lowest BCUT2D eigenvalue weighted by Crippen LogP contribution is -2.51. The first kappa shape index (κ1) is 23.9. The summed E-state index contributed by atoms with van der Waals surface area (Å²) in [5.74, 6) is -1.89. The van der Waals surface area contributed by atoms with Gasteiger partial charge < -0.3 is 9.84 Å². The SMILES string of the molecule is Cc1cc(C)nc(N(C(=O)OC(C)(C)C)C(C(=O)O)C(c2ccccc2)c2ccccc2)n1. The van der Waals surface area contributed by atoms with Crippen molar-refractivity contribution in [1.82, 2.24) is 9.97 Å². The van der Waals surface area contributed by atoms with E-state index >= 15 is 0 Å². The van der Waals surface area contributed by atoms with Gasteiger partial charge in [-0.05, 0) is 51.8 Å². The van der Waals surface area contributed by atoms with E-state index in [4.69, 9.17) is 4.74 Å². The summed E-state index contributed by atoms with van der Waals surface area (Å²) in [6, 6.07) is 18.9. The van der Waals surface area contributed by atoms with Gasteiger partial charge in [-0.1, -0.05) is 60.7 Å². The van der Waals surface area contributed by atoms with Crippen molar-refractivity contribution in [1.29, 1.82) is 0 Å². The fourth-order valence-corrected chi connectivity index (χ4v) is 3.73. The van der Waals surface area contributed by atoms with Crippen LogP contribution in [-0.2, 0) is 9.53 Å². The molecule has 0 saturated carbocycles. The molecule has 0 spiro atoms. The highest BCUT2D eigenvalue weighted by molar-refractivity contribution is 5.95. The quantitative estimate of drug-likeness (QED) is 0.564. The van der Waals surface area contributed by atoms with Gasteiger partial charge in [0.1, 0.15) is 5.60 Å². The third-order valence-corrected chi connectivity index (χ3v) is 4.94. The first-order valence-corrected chi connectivity index (χ1v) is 10.7. The molecule has 0 saturated heterocycles. The largest absolute Gasteiger partial charge is 0.480 e. The molecule has 0 fully saturated rings. The fraction of sp³-hybridized carbons (Fsp3) is 0.308. The molecule has 0 aliphatic carbocycles. The molecule has 1 heterocycles. The number of carbonyl (C=O) groups excluding carboxylic acids is 1. The average molecular weight is 448 g/mol. The van der Waals surface area contributed by atoms with Crippen molar-refractivity contribution in [2.45, 2.75) is 52.2 Å². The van der Waals surface area contributed by atoms with Crippen molar-refractivity contribution in [2.24, 2.45) is 0 Å². The van der Waals surface area contributed by atoms with Gasteiger partial charge in [-0.25, -0.2) is 24.5 Å². The second-order valence-electron chi connectivity index (χ2n) is 8.88. The summed E-state index contributed by atoms with van der Waals surface area (Å²) in [6.45, 7) is 8.73. The Labute approximate surface area is 194 Å². The molecule has 3 rings (SSSR count). The van der Waals surface area contributed by atoms with Crippen LogP contribution in [0.4, 0.5) is 10.7 Å². The molecule has 0 aliphatic rings. The average Bonchev–Trinajstić information content (AvgIpc) is 2.72. The summed E-state index contributed by atoms with van der Waals surface area (Å²) in [5, 5.41) is 10.5. The standard InChI is InChI=1S/C26H29N3O4/c1-17-16-18(2)28-24(27-17)29(25(32)33-26(3,4)5)22(23(30)31)21(19-12-8-6-9-13-19)20-14-10-7-11-15-20/h6-16,21-22H,1-5H3,(H,30,31). The molecule has 3 aromatic rings. The number of anilines is 1. The zero-order valence-electron chi connectivity index (χ0n) is 19.5. The number of aromatic nitrogens is 2. The number of nitrogens with zero attached hydrogens (tertiary/aromatic N) is 3. The Morgan fingerprint density at radius 3 is 1.73 bits per heavy atom. The van der Waals surface area contributed by atoms with Gasteiger partial charge in [0.15, 0.2) is 6.04 Å². The highest BCUT2D eigenvalue weighted by Crippen LogP contribution is 2.34. The van der Waals surface area contributed by atoms with Crippen molar-refractivity contribution >= 4 is 18.0 Å². The Morgan fingerprint density at radius 2 is 1.33 bits per heavy atom. The van der Waals surface area contributed by atoms with E-state index in [2.05, 4.69) is 9.97 Å². The molecule has 1 atom stereocenters. The van der Waals surface area contributed by atoms with Crippen LogP contribution in [0.3, 0.4) is 0 Å². The number of rotatable bonds is 6. The molecule has 2 aromatic carbocycles. The van der Waals surface area contributed by atoms with E-state index in [-0.39, 0.29) is 5.95 Å². The molecule has 1 unspecified atom stereocenters. The summed E-state index contributed by atoms with van der Waals surface area (Å²) in [6.07, 6.45) is -0.822. The number of benzene rings is 2. The van der Waals surface area contributed by atoms with Crippen LogP contribution in [0.1, 0.15) is 49.2 Å². The topological polar surface area (TPSA) is 92.6 Å². The zero-order valence-corrected chi connectivity index (χ0v) is 19.5. The second-order valence-corrected chi connectivity index (χ2v) is 8.88. The number of carboxylic acid groups (broad SMARTS) is 1. The van der Waals surface area contributed by atoms with Gasteiger partial charge in [-0.3, -0.25) is 0 Å². The number of amides is 1. The maximum Gasteiger partial charge on any atom is 0.418 e. The molecule has 172 valence electrons. The highest BCUT2D eigenvalue weighted by Gasteiger charge is 2.42. The first-order chi connectivity index (χ1) is 15.6. The number of aliphatic carboxylic acids is 1. The molecule has 0 aliphatic heterocycles. The van der Waals surface area contributed by atoms with E-state index in [1.807, 2.05) is 60.7 Å². The lowest BCUT2D eigenvalue weighted by Gasteiger charge is -2.34. The van der Waals surface area contributed by atoms with Crippen molar-refractivity contribution in [2.75, 3.05) is 4.90 Å². The van der Waals surface area contributed by atoms with E-state index in [9.17, 15) is 14.7 Å². The number of aryl methyl sites for hydroxylation is 2. The third-order valence-electron chi connectivity index (χ3n) is 4.94. The van der Waals surface area contributed by atoms with Crippen molar-refractivity contribution < 1.29 is 19.4 Å². The van der Waals surface area contributed by atoms with Crippen LogP contribution >= 0.6 is 0 Å². The number of carboxylic acids is 1. The lowest BCUT2D eigenvalue weighted by molar-refractivity contribution is -0.139. The van der Waals surface area contributed by atoms with Crippen LogP contribution < -0.4 is 4.90 Å². The van der Waals surface area contributed by atoms with Crippen LogP contribution in [-0.4, -0.2) is 38.8 Å². The van der Waals surface area contributed by atoms with Gasteiger partial charge in [-0.2, -0.15) is 0 Å². The molecular weight excluding hydrogens is 418 g/mol. The van der Waals surface area contributed by atoms with E-state index < -0.39 is 29.6 Å². The van der Waals surface area contributed by atoms with Crippen molar-refractivity contribution in [3.8, 4) is 0 Å². The molecule has 1 aromatic heterocycles. The van der Waals surface area contributed by atoms with Crippen LogP contribution in [0.5, 0.6) is 0 Å². The summed E-state index contributed by atoms with van der Waals surface area (Å²) >= 11 is 0. The molecule has 0 radical (unpaired) electrons. The maximum absolute atomic E-state index is 13.5. The van der Waals surface area contributed by atoms with Gasteiger partial charge in [0.2, 0.25) is 5.95 Å². The summed E-state index contributed by atoms with van der Waals surface area (Å²) in [7, 11) is 0. The normalized spacial score (nSPS) is 12.3. The Kier molecular flexibility index (Phi) is 7.11. The molecule has 0 bridgehead atoms. The minimum atomic E-state index is -1.36. The van der Waals surface area contributed by atoms with Gasteiger partial charge in [0, 0.05) is 17.3 Å². The second kappa shape index (κ2) is 9.81. The number of ether oxygens (including phenoxy) is 1. The Morgan fingerprint density at radius 1 is 0.879 bits per heavy atom. The summed E-state index contributed by atoms with van der Waals surface area (Å²) in [4.78, 5) is 36.2. The van der Waals surface area contributed by atoms with Gasteiger partial charge in [0.05, 0.1) is 0 Å². The predicted octanol–water partition coefficient (Wildman–Crippen LogP) is 5.12. The number of hydrogen-bond acceptors (Lipinski definition) is 5. The van der Waals surface area contributed by atoms with E-state index in [1.54, 1.807) is 40.7 Å². The van der Waals surface area contributed by atoms with Crippen LogP contribution in [0.15, 0.2) is 66.7 Å². The molecule has 7 nitrogen and oxygen atoms in total. The van der Waals surface area contributed by atoms with E-state index in [1.165, 1.54) is 0 Å². The van der Waals surface area contributed by atoms with Gasteiger partial charge in [0.25, 0.3) is 0 Å². The van der Waals surface area contributed by atoms with E-state index in [0.717, 1.165) is 16.0 Å². The monoisotopic (exact) mass is 447 g/mol. The molecule has 33 heavy (non-hydrogen) atoms. The van der Waals surface area contributed by atoms with Gasteiger partial charge in [-0.15, -0.1) is 0 Å². The smallest absolute Gasteiger partial charge is 0.418 e.